The highest BCUT2D eigenvalue weighted by Crippen LogP contribution is 2.29. The average Bonchev–Trinajstić information content (AvgIpc) is 2.27. The molecule has 3 nitrogen and oxygen atoms in total. The lowest BCUT2D eigenvalue weighted by Gasteiger charge is -2.06. The summed E-state index contributed by atoms with van der Waals surface area (Å²) >= 11 is 17.2. The van der Waals surface area contributed by atoms with Gasteiger partial charge in [-0.25, -0.2) is 0 Å². The topological polar surface area (TPSA) is 35.0 Å². The molecular formula is C10H5Cl3N2O. The maximum absolute atomic E-state index is 5.79. The first-order valence-electron chi connectivity index (χ1n) is 4.27. The molecule has 0 radical (unpaired) electrons. The Bertz CT molecular complexity index is 502. The number of hydrogen-bond acceptors (Lipinski definition) is 3. The zero-order valence-electron chi connectivity index (χ0n) is 7.82. The number of aromatic nitrogens is 2. The number of nitrogens with zero attached hydrogens (tertiary/aromatic N) is 2. The first-order chi connectivity index (χ1) is 7.65. The number of ether oxygens (including phenoxy) is 1. The molecule has 1 aromatic heterocycles. The van der Waals surface area contributed by atoms with Crippen LogP contribution in [-0.2, 0) is 0 Å². The molecule has 0 saturated heterocycles. The average molecular weight is 276 g/mol. The number of hydrogen-bond donors (Lipinski definition) is 0. The monoisotopic (exact) mass is 274 g/mol. The summed E-state index contributed by atoms with van der Waals surface area (Å²) < 4.78 is 5.47. The van der Waals surface area contributed by atoms with Gasteiger partial charge in [-0.15, -0.1) is 10.2 Å². The summed E-state index contributed by atoms with van der Waals surface area (Å²) in [7, 11) is 0. The number of benzene rings is 1. The summed E-state index contributed by atoms with van der Waals surface area (Å²) in [5, 5.41) is 8.20. The lowest BCUT2D eigenvalue weighted by atomic mass is 10.3. The highest BCUT2D eigenvalue weighted by Gasteiger charge is 2.06. The molecule has 0 aliphatic heterocycles. The Morgan fingerprint density at radius 3 is 2.31 bits per heavy atom. The molecule has 0 fully saturated rings. The molecule has 0 saturated carbocycles. The number of rotatable bonds is 2. The Hall–Kier alpha value is -1.03. The Balaban J connectivity index is 2.26. The predicted octanol–water partition coefficient (Wildman–Crippen LogP) is 4.23. The highest BCUT2D eigenvalue weighted by molar-refractivity contribution is 6.32. The van der Waals surface area contributed by atoms with Crippen LogP contribution in [0.1, 0.15) is 0 Å². The van der Waals surface area contributed by atoms with Crippen LogP contribution in [0.3, 0.4) is 0 Å². The molecule has 1 aromatic carbocycles. The first kappa shape index (κ1) is 11.5. The molecule has 0 bridgehead atoms. The number of halogens is 3. The van der Waals surface area contributed by atoms with Gasteiger partial charge < -0.3 is 4.74 Å². The van der Waals surface area contributed by atoms with Crippen molar-refractivity contribution in [1.29, 1.82) is 0 Å². The van der Waals surface area contributed by atoms with Gasteiger partial charge in [-0.3, -0.25) is 0 Å². The van der Waals surface area contributed by atoms with E-state index in [4.69, 9.17) is 39.5 Å². The van der Waals surface area contributed by atoms with Gasteiger partial charge in [0.1, 0.15) is 5.75 Å². The summed E-state index contributed by atoms with van der Waals surface area (Å²) in [6.45, 7) is 0. The van der Waals surface area contributed by atoms with Gasteiger partial charge in [-0.05, 0) is 24.3 Å². The van der Waals surface area contributed by atoms with Crippen LogP contribution in [-0.4, -0.2) is 10.2 Å². The van der Waals surface area contributed by atoms with Gasteiger partial charge in [0.2, 0.25) is 0 Å². The van der Waals surface area contributed by atoms with E-state index in [1.54, 1.807) is 24.3 Å². The molecule has 0 spiro atoms. The minimum Gasteiger partial charge on any atom is -0.454 e. The Morgan fingerprint density at radius 2 is 1.62 bits per heavy atom. The molecule has 0 N–H and O–H groups in total. The van der Waals surface area contributed by atoms with Crippen LogP contribution in [0.2, 0.25) is 15.3 Å². The normalized spacial score (nSPS) is 10.2. The second kappa shape index (κ2) is 4.87. The summed E-state index contributed by atoms with van der Waals surface area (Å²) in [6, 6.07) is 8.34. The second-order valence-electron chi connectivity index (χ2n) is 2.88. The molecular weight excluding hydrogens is 270 g/mol. The lowest BCUT2D eigenvalue weighted by Crippen LogP contribution is -1.90. The van der Waals surface area contributed by atoms with Crippen molar-refractivity contribution in [3.8, 4) is 11.5 Å². The van der Waals surface area contributed by atoms with Crippen molar-refractivity contribution in [2.45, 2.75) is 0 Å². The fourth-order valence-corrected chi connectivity index (χ4v) is 1.43. The molecule has 2 rings (SSSR count). The maximum Gasteiger partial charge on any atom is 0.194 e. The van der Waals surface area contributed by atoms with E-state index in [-0.39, 0.29) is 10.3 Å². The van der Waals surface area contributed by atoms with Crippen molar-refractivity contribution in [1.82, 2.24) is 10.2 Å². The van der Waals surface area contributed by atoms with Gasteiger partial charge in [-0.1, -0.05) is 34.8 Å². The smallest absolute Gasteiger partial charge is 0.194 e. The van der Waals surface area contributed by atoms with E-state index >= 15 is 0 Å². The van der Waals surface area contributed by atoms with Gasteiger partial charge in [0.25, 0.3) is 0 Å². The molecule has 82 valence electrons. The molecule has 0 aliphatic carbocycles. The van der Waals surface area contributed by atoms with Crippen molar-refractivity contribution < 1.29 is 4.74 Å². The first-order valence-corrected chi connectivity index (χ1v) is 5.41. The summed E-state index contributed by atoms with van der Waals surface area (Å²) in [4.78, 5) is 0. The van der Waals surface area contributed by atoms with Crippen molar-refractivity contribution in [3.05, 3.63) is 45.7 Å². The predicted molar refractivity (Wildman–Crippen MR) is 63.6 cm³/mol. The molecule has 16 heavy (non-hydrogen) atoms. The third-order valence-electron chi connectivity index (χ3n) is 1.73. The second-order valence-corrected chi connectivity index (χ2v) is 4.06. The van der Waals surface area contributed by atoms with Gasteiger partial charge in [0.15, 0.2) is 16.1 Å². The Morgan fingerprint density at radius 1 is 0.938 bits per heavy atom. The van der Waals surface area contributed by atoms with E-state index in [0.29, 0.717) is 16.5 Å². The molecule has 6 heteroatoms. The van der Waals surface area contributed by atoms with E-state index in [1.165, 1.54) is 6.07 Å². The van der Waals surface area contributed by atoms with Crippen LogP contribution in [0.4, 0.5) is 0 Å². The van der Waals surface area contributed by atoms with E-state index in [0.717, 1.165) is 0 Å². The molecule has 0 amide bonds. The maximum atomic E-state index is 5.79. The molecule has 1 heterocycles. The van der Waals surface area contributed by atoms with E-state index < -0.39 is 0 Å². The minimum atomic E-state index is 0.152. The van der Waals surface area contributed by atoms with Gasteiger partial charge in [0.05, 0.1) is 0 Å². The van der Waals surface area contributed by atoms with Crippen LogP contribution in [0.5, 0.6) is 11.5 Å². The highest BCUT2D eigenvalue weighted by atomic mass is 35.5. The van der Waals surface area contributed by atoms with Crippen LogP contribution in [0.25, 0.3) is 0 Å². The van der Waals surface area contributed by atoms with Crippen LogP contribution in [0, 0.1) is 0 Å². The van der Waals surface area contributed by atoms with E-state index in [9.17, 15) is 0 Å². The molecule has 0 atom stereocenters. The molecule has 2 aromatic rings. The van der Waals surface area contributed by atoms with Crippen molar-refractivity contribution in [2.75, 3.05) is 0 Å². The van der Waals surface area contributed by atoms with Crippen LogP contribution < -0.4 is 4.74 Å². The Kier molecular flexibility index (Phi) is 3.49. The summed E-state index contributed by atoms with van der Waals surface area (Å²) in [5.41, 5.74) is 0. The standard InChI is InChI=1S/C10H5Cl3N2O/c11-6-1-3-7(4-2-6)16-8-5-9(12)14-15-10(8)13/h1-5H. The van der Waals surface area contributed by atoms with Gasteiger partial charge in [-0.2, -0.15) is 0 Å². The van der Waals surface area contributed by atoms with Crippen LogP contribution in [0.15, 0.2) is 30.3 Å². The zero-order valence-corrected chi connectivity index (χ0v) is 10.1. The van der Waals surface area contributed by atoms with Crippen molar-refractivity contribution in [3.63, 3.8) is 0 Å². The lowest BCUT2D eigenvalue weighted by molar-refractivity contribution is 0.479. The summed E-state index contributed by atoms with van der Waals surface area (Å²) in [6.07, 6.45) is 0. The fraction of sp³-hybridized carbons (Fsp3) is 0. The van der Waals surface area contributed by atoms with Crippen molar-refractivity contribution in [2.24, 2.45) is 0 Å². The molecule has 0 aliphatic rings. The third kappa shape index (κ3) is 2.76. The van der Waals surface area contributed by atoms with E-state index in [2.05, 4.69) is 10.2 Å². The zero-order chi connectivity index (χ0) is 11.5. The van der Waals surface area contributed by atoms with E-state index in [1.807, 2.05) is 0 Å². The van der Waals surface area contributed by atoms with Crippen molar-refractivity contribution >= 4 is 34.8 Å². The summed E-state index contributed by atoms with van der Waals surface area (Å²) in [5.74, 6) is 0.944. The van der Waals surface area contributed by atoms with Gasteiger partial charge in [0, 0.05) is 11.1 Å². The largest absolute Gasteiger partial charge is 0.454 e. The molecule has 0 unspecified atom stereocenters. The quantitative estimate of drug-likeness (QED) is 0.822. The minimum absolute atomic E-state index is 0.152. The van der Waals surface area contributed by atoms with Gasteiger partial charge >= 0.3 is 0 Å². The Labute approximate surface area is 107 Å². The third-order valence-corrected chi connectivity index (χ3v) is 2.43. The van der Waals surface area contributed by atoms with Crippen LogP contribution >= 0.6 is 34.8 Å². The SMILES string of the molecule is Clc1ccc(Oc2cc(Cl)nnc2Cl)cc1. The fourth-order valence-electron chi connectivity index (χ4n) is 1.04.